The van der Waals surface area contributed by atoms with Crippen molar-refractivity contribution < 1.29 is 10.2 Å². The summed E-state index contributed by atoms with van der Waals surface area (Å²) in [7, 11) is 0. The van der Waals surface area contributed by atoms with E-state index in [1.165, 1.54) is 199 Å². The highest BCUT2D eigenvalue weighted by Crippen LogP contribution is 2.15. The molecule has 0 bridgehead atoms. The van der Waals surface area contributed by atoms with Gasteiger partial charge in [-0.1, -0.05) is 167 Å². The standard InChI is InChI=1S/C36H75NO2/c1-2-3-4-5-6-7-8-9-12-17-22-27-32-37(33-28-23-18-13-10-15-20-25-30-35-38)34-29-24-19-14-11-16-21-26-31-36-39/h38-39H,2-36H2,1H3. The van der Waals surface area contributed by atoms with Gasteiger partial charge >= 0.3 is 0 Å². The molecule has 3 heteroatoms. The van der Waals surface area contributed by atoms with Gasteiger partial charge in [0.2, 0.25) is 0 Å². The molecule has 0 unspecified atom stereocenters. The molecule has 0 aliphatic rings. The van der Waals surface area contributed by atoms with Crippen molar-refractivity contribution in [2.24, 2.45) is 0 Å². The van der Waals surface area contributed by atoms with Gasteiger partial charge in [-0.15, -0.1) is 0 Å². The highest BCUT2D eigenvalue weighted by atomic mass is 16.3. The fourth-order valence-electron chi connectivity index (χ4n) is 5.88. The smallest absolute Gasteiger partial charge is 0.0431 e. The van der Waals surface area contributed by atoms with E-state index in [4.69, 9.17) is 10.2 Å². The van der Waals surface area contributed by atoms with Crippen molar-refractivity contribution in [3.8, 4) is 0 Å². The average molecular weight is 554 g/mol. The Labute approximate surface area is 247 Å². The SMILES string of the molecule is CCCCCCCCCCCCCCN(CCCCCCCCCCCO)CCCCCCCCCCCO. The van der Waals surface area contributed by atoms with Crippen LogP contribution in [0.5, 0.6) is 0 Å². The van der Waals surface area contributed by atoms with E-state index in [0.29, 0.717) is 13.2 Å². The number of hydrogen-bond acceptors (Lipinski definition) is 3. The zero-order valence-corrected chi connectivity index (χ0v) is 27.1. The second-order valence-electron chi connectivity index (χ2n) is 12.5. The predicted molar refractivity (Wildman–Crippen MR) is 175 cm³/mol. The molecule has 0 aliphatic heterocycles. The molecule has 2 N–H and O–H groups in total. The van der Waals surface area contributed by atoms with E-state index in [2.05, 4.69) is 11.8 Å². The van der Waals surface area contributed by atoms with Gasteiger partial charge in [0.1, 0.15) is 0 Å². The first-order valence-electron chi connectivity index (χ1n) is 18.3. The normalized spacial score (nSPS) is 11.7. The average Bonchev–Trinajstić information content (AvgIpc) is 2.95. The molecule has 0 aliphatic carbocycles. The van der Waals surface area contributed by atoms with Crippen molar-refractivity contribution in [3.05, 3.63) is 0 Å². The Hall–Kier alpha value is -0.120. The largest absolute Gasteiger partial charge is 0.396 e. The van der Waals surface area contributed by atoms with E-state index >= 15 is 0 Å². The molecule has 0 saturated heterocycles. The number of aliphatic hydroxyl groups is 2. The molecule has 0 fully saturated rings. The van der Waals surface area contributed by atoms with Crippen molar-refractivity contribution in [2.75, 3.05) is 32.8 Å². The van der Waals surface area contributed by atoms with Crippen LogP contribution in [-0.4, -0.2) is 48.0 Å². The number of unbranched alkanes of at least 4 members (excludes halogenated alkanes) is 27. The van der Waals surface area contributed by atoms with Crippen molar-refractivity contribution in [1.82, 2.24) is 4.90 Å². The van der Waals surface area contributed by atoms with Gasteiger partial charge < -0.3 is 15.1 Å². The molecule has 39 heavy (non-hydrogen) atoms. The highest BCUT2D eigenvalue weighted by molar-refractivity contribution is 4.61. The number of aliphatic hydroxyl groups excluding tert-OH is 2. The van der Waals surface area contributed by atoms with Gasteiger partial charge in [-0.3, -0.25) is 0 Å². The van der Waals surface area contributed by atoms with Crippen LogP contribution in [0.25, 0.3) is 0 Å². The van der Waals surface area contributed by atoms with Gasteiger partial charge in [0.05, 0.1) is 0 Å². The van der Waals surface area contributed by atoms with Crippen molar-refractivity contribution in [2.45, 2.75) is 200 Å². The minimum atomic E-state index is 0.363. The third-order valence-corrected chi connectivity index (χ3v) is 8.59. The molecular weight excluding hydrogens is 478 g/mol. The molecule has 0 amide bonds. The van der Waals surface area contributed by atoms with E-state index < -0.39 is 0 Å². The molecule has 0 aromatic carbocycles. The monoisotopic (exact) mass is 554 g/mol. The van der Waals surface area contributed by atoms with Crippen LogP contribution in [0.4, 0.5) is 0 Å². The summed E-state index contributed by atoms with van der Waals surface area (Å²) in [5.74, 6) is 0. The fraction of sp³-hybridized carbons (Fsp3) is 1.00. The van der Waals surface area contributed by atoms with E-state index in [9.17, 15) is 0 Å². The summed E-state index contributed by atoms with van der Waals surface area (Å²) in [6, 6.07) is 0. The Morgan fingerprint density at radius 2 is 0.487 bits per heavy atom. The second-order valence-corrected chi connectivity index (χ2v) is 12.5. The molecular formula is C36H75NO2. The molecule has 0 saturated carbocycles. The fourth-order valence-corrected chi connectivity index (χ4v) is 5.88. The van der Waals surface area contributed by atoms with E-state index in [1.54, 1.807) is 0 Å². The van der Waals surface area contributed by atoms with Gasteiger partial charge in [-0.25, -0.2) is 0 Å². The summed E-state index contributed by atoms with van der Waals surface area (Å²) < 4.78 is 0. The summed E-state index contributed by atoms with van der Waals surface area (Å²) in [5, 5.41) is 17.8. The van der Waals surface area contributed by atoms with Crippen LogP contribution in [0.3, 0.4) is 0 Å². The minimum Gasteiger partial charge on any atom is -0.396 e. The Kier molecular flexibility index (Phi) is 35.8. The van der Waals surface area contributed by atoms with Crippen molar-refractivity contribution >= 4 is 0 Å². The molecule has 0 aromatic heterocycles. The Morgan fingerprint density at radius 1 is 0.282 bits per heavy atom. The lowest BCUT2D eigenvalue weighted by atomic mass is 10.0. The van der Waals surface area contributed by atoms with Gasteiger partial charge in [-0.2, -0.15) is 0 Å². The van der Waals surface area contributed by atoms with Crippen LogP contribution in [0, 0.1) is 0 Å². The van der Waals surface area contributed by atoms with Crippen molar-refractivity contribution in [3.63, 3.8) is 0 Å². The maximum atomic E-state index is 8.88. The Bertz CT molecular complexity index is 393. The topological polar surface area (TPSA) is 43.7 Å². The van der Waals surface area contributed by atoms with Gasteiger partial charge in [0.25, 0.3) is 0 Å². The third-order valence-electron chi connectivity index (χ3n) is 8.59. The molecule has 0 heterocycles. The number of nitrogens with zero attached hydrogens (tertiary/aromatic N) is 1. The first kappa shape index (κ1) is 38.9. The van der Waals surface area contributed by atoms with Gasteiger partial charge in [0, 0.05) is 13.2 Å². The molecule has 0 rings (SSSR count). The second kappa shape index (κ2) is 35.9. The number of hydrogen-bond donors (Lipinski definition) is 2. The molecule has 0 spiro atoms. The molecule has 0 atom stereocenters. The quantitative estimate of drug-likeness (QED) is 0.0767. The molecule has 0 aromatic rings. The lowest BCUT2D eigenvalue weighted by Gasteiger charge is -2.22. The number of rotatable bonds is 35. The maximum Gasteiger partial charge on any atom is 0.0431 e. The summed E-state index contributed by atoms with van der Waals surface area (Å²) in [4.78, 5) is 2.81. The summed E-state index contributed by atoms with van der Waals surface area (Å²) in [5.41, 5.74) is 0. The zero-order chi connectivity index (χ0) is 28.3. The minimum absolute atomic E-state index is 0.363. The Morgan fingerprint density at radius 3 is 0.718 bits per heavy atom. The predicted octanol–water partition coefficient (Wildman–Crippen LogP) is 11.0. The first-order valence-corrected chi connectivity index (χ1v) is 18.3. The van der Waals surface area contributed by atoms with Crippen LogP contribution < -0.4 is 0 Å². The summed E-state index contributed by atoms with van der Waals surface area (Å²) >= 11 is 0. The van der Waals surface area contributed by atoms with Crippen LogP contribution >= 0.6 is 0 Å². The third kappa shape index (κ3) is 34.0. The van der Waals surface area contributed by atoms with Crippen molar-refractivity contribution in [1.29, 1.82) is 0 Å². The molecule has 0 radical (unpaired) electrons. The summed E-state index contributed by atoms with van der Waals surface area (Å²) in [6.45, 7) is 6.99. The zero-order valence-electron chi connectivity index (χ0n) is 27.1. The van der Waals surface area contributed by atoms with Crippen LogP contribution in [0.1, 0.15) is 200 Å². The van der Waals surface area contributed by atoms with Crippen LogP contribution in [-0.2, 0) is 0 Å². The Balaban J connectivity index is 3.87. The van der Waals surface area contributed by atoms with Crippen LogP contribution in [0.15, 0.2) is 0 Å². The first-order chi connectivity index (χ1) is 19.3. The van der Waals surface area contributed by atoms with E-state index in [-0.39, 0.29) is 0 Å². The maximum absolute atomic E-state index is 8.88. The summed E-state index contributed by atoms with van der Waals surface area (Å²) in [6.07, 6.45) is 40.9. The molecule has 3 nitrogen and oxygen atoms in total. The van der Waals surface area contributed by atoms with Gasteiger partial charge in [-0.05, 0) is 51.7 Å². The lowest BCUT2D eigenvalue weighted by Crippen LogP contribution is -2.27. The van der Waals surface area contributed by atoms with Crippen LogP contribution in [0.2, 0.25) is 0 Å². The lowest BCUT2D eigenvalue weighted by molar-refractivity contribution is 0.254. The van der Waals surface area contributed by atoms with E-state index in [0.717, 1.165) is 12.8 Å². The van der Waals surface area contributed by atoms with E-state index in [1.807, 2.05) is 0 Å². The highest BCUT2D eigenvalue weighted by Gasteiger charge is 2.05. The molecule has 236 valence electrons. The van der Waals surface area contributed by atoms with Gasteiger partial charge in [0.15, 0.2) is 0 Å².